The number of nitrogens with zero attached hydrogens (tertiary/aromatic N) is 4. The Kier molecular flexibility index (Phi) is 5.59. The normalized spacial score (nSPS) is 16.5. The second-order valence-electron chi connectivity index (χ2n) is 7.88. The van der Waals surface area contributed by atoms with Crippen LogP contribution < -0.4 is 20.3 Å². The smallest absolute Gasteiger partial charge is 0.325 e. The molecule has 1 aromatic carbocycles. The first-order valence-electron chi connectivity index (χ1n) is 10.7. The third kappa shape index (κ3) is 4.21. The first kappa shape index (κ1) is 20.6. The van der Waals surface area contributed by atoms with Gasteiger partial charge in [-0.1, -0.05) is 18.5 Å². The number of benzene rings is 1. The molecular weight excluding hydrogens is 428 g/mol. The average Bonchev–Trinajstić information content (AvgIpc) is 3.45. The van der Waals surface area contributed by atoms with Gasteiger partial charge >= 0.3 is 6.01 Å². The lowest BCUT2D eigenvalue weighted by Gasteiger charge is -2.34. The van der Waals surface area contributed by atoms with Crippen molar-refractivity contribution in [1.82, 2.24) is 30.5 Å². The Hall–Kier alpha value is -3.30. The van der Waals surface area contributed by atoms with Gasteiger partial charge in [0, 0.05) is 60.6 Å². The molecule has 10 heteroatoms. The molecule has 1 atom stereocenters. The van der Waals surface area contributed by atoms with Crippen LogP contribution in [0.1, 0.15) is 19.0 Å². The molecule has 0 amide bonds. The van der Waals surface area contributed by atoms with Crippen LogP contribution in [0.3, 0.4) is 0 Å². The van der Waals surface area contributed by atoms with Gasteiger partial charge in [0.05, 0.1) is 5.02 Å². The fraction of sp³-hybridized carbons (Fsp3) is 0.318. The molecule has 1 unspecified atom stereocenters. The number of H-pyrrole nitrogens is 2. The van der Waals surface area contributed by atoms with Crippen molar-refractivity contribution in [2.75, 3.05) is 29.9 Å². The van der Waals surface area contributed by atoms with Crippen LogP contribution in [-0.4, -0.2) is 50.8 Å². The van der Waals surface area contributed by atoms with Crippen LogP contribution in [0.15, 0.2) is 36.5 Å². The summed E-state index contributed by atoms with van der Waals surface area (Å²) in [6.45, 7) is 6.74. The summed E-state index contributed by atoms with van der Waals surface area (Å²) in [7, 11) is 0. The molecule has 32 heavy (non-hydrogen) atoms. The topological polar surface area (TPSA) is 107 Å². The van der Waals surface area contributed by atoms with E-state index >= 15 is 0 Å². The van der Waals surface area contributed by atoms with Gasteiger partial charge in [0.2, 0.25) is 0 Å². The molecule has 9 nitrogen and oxygen atoms in total. The minimum atomic E-state index is 0.223. The second-order valence-corrected chi connectivity index (χ2v) is 8.26. The summed E-state index contributed by atoms with van der Waals surface area (Å²) in [4.78, 5) is 14.7. The number of aromatic amines is 2. The Bertz CT molecular complexity index is 1240. The van der Waals surface area contributed by atoms with E-state index in [2.05, 4.69) is 42.6 Å². The highest BCUT2D eigenvalue weighted by Gasteiger charge is 2.21. The van der Waals surface area contributed by atoms with Crippen molar-refractivity contribution in [1.29, 1.82) is 0 Å². The molecule has 4 aromatic rings. The summed E-state index contributed by atoms with van der Waals surface area (Å²) in [5.41, 5.74) is 1.90. The van der Waals surface area contributed by atoms with E-state index < -0.39 is 0 Å². The number of hydrogen-bond acceptors (Lipinski definition) is 7. The fourth-order valence-electron chi connectivity index (χ4n) is 3.86. The van der Waals surface area contributed by atoms with Crippen molar-refractivity contribution in [2.45, 2.75) is 26.3 Å². The molecule has 4 heterocycles. The number of halogens is 1. The van der Waals surface area contributed by atoms with E-state index in [1.807, 2.05) is 43.5 Å². The summed E-state index contributed by atoms with van der Waals surface area (Å²) in [5, 5.41) is 15.4. The first-order chi connectivity index (χ1) is 15.6. The van der Waals surface area contributed by atoms with Gasteiger partial charge in [-0.25, -0.2) is 0 Å². The Morgan fingerprint density at radius 3 is 2.94 bits per heavy atom. The van der Waals surface area contributed by atoms with Crippen molar-refractivity contribution in [3.05, 3.63) is 47.2 Å². The predicted molar refractivity (Wildman–Crippen MR) is 126 cm³/mol. The van der Waals surface area contributed by atoms with E-state index in [9.17, 15) is 0 Å². The van der Waals surface area contributed by atoms with Gasteiger partial charge in [-0.2, -0.15) is 15.1 Å². The molecule has 0 aliphatic carbocycles. The largest absolute Gasteiger partial charge is 0.423 e. The minimum absolute atomic E-state index is 0.223. The monoisotopic (exact) mass is 452 g/mol. The summed E-state index contributed by atoms with van der Waals surface area (Å²) >= 11 is 6.58. The molecule has 5 rings (SSSR count). The third-order valence-electron chi connectivity index (χ3n) is 5.56. The number of piperazine rings is 1. The zero-order valence-electron chi connectivity index (χ0n) is 17.9. The van der Waals surface area contributed by atoms with E-state index in [1.54, 1.807) is 0 Å². The van der Waals surface area contributed by atoms with Crippen LogP contribution in [0.25, 0.3) is 10.9 Å². The fourth-order valence-corrected chi connectivity index (χ4v) is 4.12. The molecule has 0 spiro atoms. The quantitative estimate of drug-likeness (QED) is 0.344. The Morgan fingerprint density at radius 1 is 1.22 bits per heavy atom. The summed E-state index contributed by atoms with van der Waals surface area (Å²) in [6, 6.07) is 10.1. The second kappa shape index (κ2) is 8.68. The van der Waals surface area contributed by atoms with Gasteiger partial charge in [-0.15, -0.1) is 0 Å². The van der Waals surface area contributed by atoms with Gasteiger partial charge in [0.15, 0.2) is 5.82 Å². The number of nitrogens with one attached hydrogen (secondary N) is 4. The van der Waals surface area contributed by atoms with Crippen LogP contribution >= 0.6 is 11.6 Å². The molecule has 3 aromatic heterocycles. The number of rotatable bonds is 6. The molecule has 1 saturated heterocycles. The van der Waals surface area contributed by atoms with Crippen LogP contribution in [0.2, 0.25) is 5.02 Å². The zero-order chi connectivity index (χ0) is 22.1. The Balaban J connectivity index is 1.49. The van der Waals surface area contributed by atoms with Gasteiger partial charge in [-0.05, 0) is 31.5 Å². The van der Waals surface area contributed by atoms with Crippen molar-refractivity contribution < 1.29 is 4.74 Å². The molecule has 166 valence electrons. The lowest BCUT2D eigenvalue weighted by atomic mass is 10.1. The lowest BCUT2D eigenvalue weighted by molar-refractivity contribution is 0.431. The highest BCUT2D eigenvalue weighted by Crippen LogP contribution is 2.35. The number of anilines is 3. The van der Waals surface area contributed by atoms with Crippen LogP contribution in [0, 0.1) is 6.92 Å². The third-order valence-corrected chi connectivity index (χ3v) is 5.95. The molecule has 1 aliphatic heterocycles. The predicted octanol–water partition coefficient (Wildman–Crippen LogP) is 4.37. The number of fused-ring (bicyclic) bond motifs is 1. The minimum Gasteiger partial charge on any atom is -0.423 e. The highest BCUT2D eigenvalue weighted by atomic mass is 35.5. The maximum Gasteiger partial charge on any atom is 0.325 e. The Morgan fingerprint density at radius 2 is 2.12 bits per heavy atom. The first-order valence-corrected chi connectivity index (χ1v) is 11.1. The SMILES string of the molecule is CCC1CN(c2cc(Nc3cc(C)[nH]n3)nc(Oc3ccc4[nH]ccc4c3Cl)n2)CCN1. The Labute approximate surface area is 190 Å². The van der Waals surface area contributed by atoms with E-state index in [4.69, 9.17) is 21.3 Å². The summed E-state index contributed by atoms with van der Waals surface area (Å²) in [5.74, 6) is 2.58. The lowest BCUT2D eigenvalue weighted by Crippen LogP contribution is -2.50. The van der Waals surface area contributed by atoms with E-state index in [-0.39, 0.29) is 6.01 Å². The number of aryl methyl sites for hydroxylation is 1. The molecule has 4 N–H and O–H groups in total. The van der Waals surface area contributed by atoms with Crippen LogP contribution in [0.5, 0.6) is 11.8 Å². The number of aromatic nitrogens is 5. The molecular formula is C22H25ClN8O. The van der Waals surface area contributed by atoms with Crippen molar-refractivity contribution >= 4 is 40.0 Å². The maximum absolute atomic E-state index is 6.58. The van der Waals surface area contributed by atoms with Crippen LogP contribution in [-0.2, 0) is 0 Å². The highest BCUT2D eigenvalue weighted by molar-refractivity contribution is 6.36. The van der Waals surface area contributed by atoms with Gasteiger partial charge in [-0.3, -0.25) is 5.10 Å². The van der Waals surface area contributed by atoms with Gasteiger partial charge in [0.25, 0.3) is 0 Å². The number of hydrogen-bond donors (Lipinski definition) is 4. The van der Waals surface area contributed by atoms with E-state index in [0.717, 1.165) is 48.5 Å². The molecule has 0 bridgehead atoms. The van der Waals surface area contributed by atoms with E-state index in [0.29, 0.717) is 28.4 Å². The van der Waals surface area contributed by atoms with Gasteiger partial charge < -0.3 is 25.3 Å². The molecule has 1 fully saturated rings. The number of ether oxygens (including phenoxy) is 1. The summed E-state index contributed by atoms with van der Waals surface area (Å²) in [6.07, 6.45) is 2.90. The van der Waals surface area contributed by atoms with Crippen molar-refractivity contribution in [3.63, 3.8) is 0 Å². The van der Waals surface area contributed by atoms with E-state index in [1.165, 1.54) is 0 Å². The average molecular weight is 453 g/mol. The standard InChI is InChI=1S/C22H25ClN8O/c1-3-14-12-31(9-8-24-14)20-11-18(26-19-10-13(2)29-30-19)27-22(28-20)32-17-5-4-16-15(21(17)23)6-7-25-16/h4-7,10-11,14,24-25H,3,8-9,12H2,1-2H3,(H2,26,27,28,29,30). The molecule has 0 radical (unpaired) electrons. The van der Waals surface area contributed by atoms with Gasteiger partial charge in [0.1, 0.15) is 17.4 Å². The molecule has 1 aliphatic rings. The zero-order valence-corrected chi connectivity index (χ0v) is 18.7. The maximum atomic E-state index is 6.58. The van der Waals surface area contributed by atoms with Crippen molar-refractivity contribution in [3.8, 4) is 11.8 Å². The summed E-state index contributed by atoms with van der Waals surface area (Å²) < 4.78 is 6.08. The van der Waals surface area contributed by atoms with Crippen LogP contribution in [0.4, 0.5) is 17.5 Å². The van der Waals surface area contributed by atoms with Crippen molar-refractivity contribution in [2.24, 2.45) is 0 Å². The molecule has 0 saturated carbocycles.